The second-order valence-corrected chi connectivity index (χ2v) is 7.57. The predicted octanol–water partition coefficient (Wildman–Crippen LogP) is 0.429. The zero-order valence-corrected chi connectivity index (χ0v) is 15.8. The largest absolute Gasteiger partial charge is 0.443 e. The number of aromatic amines is 1. The van der Waals surface area contributed by atoms with Crippen LogP contribution in [0.3, 0.4) is 0 Å². The van der Waals surface area contributed by atoms with Crippen LogP contribution in [0.4, 0.5) is 4.79 Å². The van der Waals surface area contributed by atoms with Gasteiger partial charge in [0.25, 0.3) is 5.56 Å². The topological polar surface area (TPSA) is 136 Å². The van der Waals surface area contributed by atoms with Crippen LogP contribution in [0.15, 0.2) is 34.1 Å². The monoisotopic (exact) mass is 393 g/mol. The van der Waals surface area contributed by atoms with Gasteiger partial charge in [0.15, 0.2) is 0 Å². The van der Waals surface area contributed by atoms with Crippen molar-refractivity contribution in [3.8, 4) is 11.3 Å². The van der Waals surface area contributed by atoms with Gasteiger partial charge in [-0.15, -0.1) is 0 Å². The fourth-order valence-corrected chi connectivity index (χ4v) is 3.00. The minimum Gasteiger partial charge on any atom is -0.443 e. The molecule has 1 fully saturated rings. The molecule has 0 spiro atoms. The lowest BCUT2D eigenvalue weighted by Crippen LogP contribution is -2.34. The fourth-order valence-electron chi connectivity index (χ4n) is 3.00. The molecule has 0 bridgehead atoms. The lowest BCUT2D eigenvalue weighted by molar-refractivity contribution is -0.0458. The van der Waals surface area contributed by atoms with Crippen molar-refractivity contribution in [1.82, 2.24) is 14.1 Å². The van der Waals surface area contributed by atoms with Crippen molar-refractivity contribution in [3.05, 3.63) is 45.4 Å². The molecule has 1 aliphatic rings. The van der Waals surface area contributed by atoms with E-state index in [1.54, 1.807) is 32.9 Å². The first-order valence-corrected chi connectivity index (χ1v) is 8.81. The maximum absolute atomic E-state index is 12.4. The van der Waals surface area contributed by atoms with Crippen molar-refractivity contribution in [1.29, 1.82) is 0 Å². The van der Waals surface area contributed by atoms with E-state index in [1.165, 1.54) is 17.0 Å². The first-order chi connectivity index (χ1) is 13.1. The summed E-state index contributed by atoms with van der Waals surface area (Å²) >= 11 is 0. The van der Waals surface area contributed by atoms with Gasteiger partial charge >= 0.3 is 11.8 Å². The number of hydrogen-bond donors (Lipinski definition) is 3. The Morgan fingerprint density at radius 3 is 2.71 bits per heavy atom. The van der Waals surface area contributed by atoms with Crippen molar-refractivity contribution in [2.45, 2.75) is 51.2 Å². The minimum atomic E-state index is -0.942. The first kappa shape index (κ1) is 20.1. The van der Waals surface area contributed by atoms with Crippen LogP contribution in [0, 0.1) is 0 Å². The van der Waals surface area contributed by atoms with Gasteiger partial charge in [-0.25, -0.2) is 9.59 Å². The van der Waals surface area contributed by atoms with Crippen LogP contribution in [0.1, 0.15) is 33.4 Å². The Hall–Kier alpha value is -2.69. The van der Waals surface area contributed by atoms with Gasteiger partial charge in [-0.2, -0.15) is 0 Å². The SMILES string of the molecule is CC(C)(C)OC(=O)n1cccc1-c1cn([C@H]2CC(O)[C@@H](CO)O2)c(=O)[nH]c1=O. The molecule has 28 heavy (non-hydrogen) atoms. The second kappa shape index (κ2) is 7.38. The zero-order valence-electron chi connectivity index (χ0n) is 15.8. The molecule has 1 unspecified atom stereocenters. The van der Waals surface area contributed by atoms with E-state index in [2.05, 4.69) is 4.98 Å². The average Bonchev–Trinajstić information content (AvgIpc) is 3.20. The van der Waals surface area contributed by atoms with Crippen LogP contribution in [0.5, 0.6) is 0 Å². The van der Waals surface area contributed by atoms with Crippen molar-refractivity contribution in [2.75, 3.05) is 6.61 Å². The average molecular weight is 393 g/mol. The van der Waals surface area contributed by atoms with Gasteiger partial charge in [0, 0.05) is 18.8 Å². The Morgan fingerprint density at radius 2 is 2.11 bits per heavy atom. The van der Waals surface area contributed by atoms with Gasteiger partial charge in [0.05, 0.1) is 24.0 Å². The number of hydrogen-bond acceptors (Lipinski definition) is 7. The van der Waals surface area contributed by atoms with Gasteiger partial charge < -0.3 is 19.7 Å². The Labute approximate surface area is 160 Å². The van der Waals surface area contributed by atoms with Gasteiger partial charge in [-0.05, 0) is 32.9 Å². The number of carbonyl (C=O) groups excluding carboxylic acids is 1. The maximum Gasteiger partial charge on any atom is 0.418 e. The molecule has 2 aromatic heterocycles. The Morgan fingerprint density at radius 1 is 1.39 bits per heavy atom. The molecule has 0 radical (unpaired) electrons. The van der Waals surface area contributed by atoms with E-state index < -0.39 is 48.0 Å². The third-order valence-electron chi connectivity index (χ3n) is 4.28. The molecule has 10 nitrogen and oxygen atoms in total. The Balaban J connectivity index is 2.01. The molecular formula is C18H23N3O7. The first-order valence-electron chi connectivity index (χ1n) is 8.81. The number of nitrogens with one attached hydrogen (secondary N) is 1. The summed E-state index contributed by atoms with van der Waals surface area (Å²) in [6, 6.07) is 3.12. The van der Waals surface area contributed by atoms with Crippen molar-refractivity contribution < 1.29 is 24.5 Å². The quantitative estimate of drug-likeness (QED) is 0.688. The van der Waals surface area contributed by atoms with E-state index in [1.807, 2.05) is 0 Å². The normalized spacial score (nSPS) is 22.4. The van der Waals surface area contributed by atoms with Crippen LogP contribution < -0.4 is 11.2 Å². The molecule has 3 rings (SSSR count). The van der Waals surface area contributed by atoms with E-state index in [9.17, 15) is 24.6 Å². The standard InChI is InChI=1S/C18H23N3O7/c1-18(2,3)28-17(26)20-6-4-5-11(20)10-8-21(16(25)19-15(10)24)14-7-12(23)13(9-22)27-14/h4-6,8,12-14,22-23H,7,9H2,1-3H3,(H,19,24,25)/t12?,13-,14-/m1/s1. The highest BCUT2D eigenvalue weighted by molar-refractivity contribution is 5.78. The van der Waals surface area contributed by atoms with Gasteiger partial charge in [0.2, 0.25) is 0 Å². The molecule has 2 aromatic rings. The maximum atomic E-state index is 12.4. The highest BCUT2D eigenvalue weighted by Gasteiger charge is 2.35. The third kappa shape index (κ3) is 3.93. The summed E-state index contributed by atoms with van der Waals surface area (Å²) in [6.07, 6.45) is -0.493. The molecule has 152 valence electrons. The van der Waals surface area contributed by atoms with E-state index >= 15 is 0 Å². The summed E-state index contributed by atoms with van der Waals surface area (Å²) in [5, 5.41) is 19.1. The number of nitrogens with zero attached hydrogens (tertiary/aromatic N) is 2. The minimum absolute atomic E-state index is 0.0565. The summed E-state index contributed by atoms with van der Waals surface area (Å²) in [6.45, 7) is 4.77. The molecule has 10 heteroatoms. The van der Waals surface area contributed by atoms with Crippen molar-refractivity contribution in [2.24, 2.45) is 0 Å². The van der Waals surface area contributed by atoms with E-state index in [-0.39, 0.29) is 17.7 Å². The zero-order chi connectivity index (χ0) is 20.6. The van der Waals surface area contributed by atoms with Gasteiger partial charge in [-0.3, -0.25) is 18.9 Å². The molecule has 0 saturated carbocycles. The number of ether oxygens (including phenoxy) is 2. The Kier molecular flexibility index (Phi) is 5.28. The third-order valence-corrected chi connectivity index (χ3v) is 4.28. The smallest absolute Gasteiger partial charge is 0.418 e. The van der Waals surface area contributed by atoms with Crippen molar-refractivity contribution >= 4 is 6.09 Å². The number of aliphatic hydroxyl groups excluding tert-OH is 2. The van der Waals surface area contributed by atoms with E-state index in [0.717, 1.165) is 4.57 Å². The van der Waals surface area contributed by atoms with Gasteiger partial charge in [0.1, 0.15) is 17.9 Å². The van der Waals surface area contributed by atoms with Crippen LogP contribution in [-0.2, 0) is 9.47 Å². The summed E-state index contributed by atoms with van der Waals surface area (Å²) in [5.74, 6) is 0. The number of carbonyl (C=O) groups is 1. The molecule has 3 N–H and O–H groups in total. The highest BCUT2D eigenvalue weighted by Crippen LogP contribution is 2.28. The lowest BCUT2D eigenvalue weighted by Gasteiger charge is -2.20. The fraction of sp³-hybridized carbons (Fsp3) is 0.500. The molecular weight excluding hydrogens is 370 g/mol. The van der Waals surface area contributed by atoms with Crippen LogP contribution in [-0.4, -0.2) is 54.8 Å². The summed E-state index contributed by atoms with van der Waals surface area (Å²) < 4.78 is 13.1. The summed E-state index contributed by atoms with van der Waals surface area (Å²) in [5.41, 5.74) is -1.83. The number of rotatable bonds is 3. The summed E-state index contributed by atoms with van der Waals surface area (Å²) in [7, 11) is 0. The molecule has 3 heterocycles. The highest BCUT2D eigenvalue weighted by atomic mass is 16.6. The molecule has 1 aliphatic heterocycles. The molecule has 0 aliphatic carbocycles. The van der Waals surface area contributed by atoms with Crippen LogP contribution in [0.2, 0.25) is 0 Å². The second-order valence-electron chi connectivity index (χ2n) is 7.57. The lowest BCUT2D eigenvalue weighted by atomic mass is 10.2. The predicted molar refractivity (Wildman–Crippen MR) is 98.0 cm³/mol. The van der Waals surface area contributed by atoms with Crippen LogP contribution in [0.25, 0.3) is 11.3 Å². The molecule has 0 aromatic carbocycles. The van der Waals surface area contributed by atoms with Crippen LogP contribution >= 0.6 is 0 Å². The molecule has 0 amide bonds. The van der Waals surface area contributed by atoms with Gasteiger partial charge in [-0.1, -0.05) is 0 Å². The molecule has 1 saturated heterocycles. The number of H-pyrrole nitrogens is 1. The number of aliphatic hydroxyl groups is 2. The summed E-state index contributed by atoms with van der Waals surface area (Å²) in [4.78, 5) is 39.3. The van der Waals surface area contributed by atoms with Crippen molar-refractivity contribution in [3.63, 3.8) is 0 Å². The van der Waals surface area contributed by atoms with E-state index in [0.29, 0.717) is 0 Å². The molecule has 3 atom stereocenters. The Bertz CT molecular complexity index is 982. The number of aromatic nitrogens is 3. The van der Waals surface area contributed by atoms with E-state index in [4.69, 9.17) is 9.47 Å².